The molecular weight excluding hydrogens is 356 g/mol. The fourth-order valence-electron chi connectivity index (χ4n) is 3.24. The Hall–Kier alpha value is -0.440. The molecule has 10 atom stereocenters. The monoisotopic (exact) mass is 384 g/mol. The van der Waals surface area contributed by atoms with Crippen LogP contribution in [-0.4, -0.2) is 121 Å². The van der Waals surface area contributed by atoms with Gasteiger partial charge in [-0.15, -0.1) is 0 Å². The van der Waals surface area contributed by atoms with Crippen LogP contribution in [0.25, 0.3) is 0 Å². The lowest BCUT2D eigenvalue weighted by atomic mass is 10.0. The molecule has 11 heteroatoms. The van der Waals surface area contributed by atoms with E-state index in [1.165, 1.54) is 21.3 Å². The quantitative estimate of drug-likeness (QED) is 0.269. The zero-order chi connectivity index (χ0) is 19.4. The van der Waals surface area contributed by atoms with E-state index >= 15 is 0 Å². The van der Waals surface area contributed by atoms with E-state index in [4.69, 9.17) is 33.5 Å². The Labute approximate surface area is 150 Å². The minimum atomic E-state index is -1.47. The molecule has 0 aliphatic carbocycles. The van der Waals surface area contributed by atoms with Crippen molar-refractivity contribution in [2.75, 3.05) is 34.5 Å². The van der Waals surface area contributed by atoms with E-state index in [1.54, 1.807) is 0 Å². The van der Waals surface area contributed by atoms with Gasteiger partial charge in [0.05, 0.1) is 13.2 Å². The predicted octanol–water partition coefficient (Wildman–Crippen LogP) is -3.43. The van der Waals surface area contributed by atoms with Gasteiger partial charge in [0.1, 0.15) is 48.8 Å². The maximum absolute atomic E-state index is 10.1. The fourth-order valence-corrected chi connectivity index (χ4v) is 3.24. The summed E-state index contributed by atoms with van der Waals surface area (Å²) in [7, 11) is 4.25. The minimum Gasteiger partial charge on any atom is -0.394 e. The first-order valence-corrected chi connectivity index (χ1v) is 8.23. The molecule has 0 aromatic heterocycles. The molecule has 0 radical (unpaired) electrons. The standard InChI is InChI=1S/C15H28O11/c1-21-5-7(11-12(22-2)13(23-3)14(20)25-11)24-15-9(19)8(18)10(26-15)6(17)4-16/h6-20H,4-5H2,1-3H3/t6?,7?,8-,9-,10?,11?,12+,13-,14-,15-/m1/s1. The molecule has 0 amide bonds. The molecule has 0 bridgehead atoms. The summed E-state index contributed by atoms with van der Waals surface area (Å²) in [4.78, 5) is 0. The van der Waals surface area contributed by atoms with Crippen LogP contribution >= 0.6 is 0 Å². The van der Waals surface area contributed by atoms with E-state index in [0.717, 1.165) is 0 Å². The van der Waals surface area contributed by atoms with Gasteiger partial charge in [-0.2, -0.15) is 0 Å². The van der Waals surface area contributed by atoms with Gasteiger partial charge in [-0.3, -0.25) is 0 Å². The third-order valence-electron chi connectivity index (χ3n) is 4.60. The number of hydrogen-bond donors (Lipinski definition) is 5. The van der Waals surface area contributed by atoms with Gasteiger partial charge in [0.25, 0.3) is 0 Å². The lowest BCUT2D eigenvalue weighted by Gasteiger charge is -2.30. The van der Waals surface area contributed by atoms with Gasteiger partial charge in [0, 0.05) is 21.3 Å². The molecule has 0 aromatic rings. The Morgan fingerprint density at radius 2 is 1.58 bits per heavy atom. The second kappa shape index (κ2) is 9.66. The average Bonchev–Trinajstić information content (AvgIpc) is 3.11. The van der Waals surface area contributed by atoms with Crippen molar-refractivity contribution in [1.82, 2.24) is 0 Å². The molecule has 154 valence electrons. The van der Waals surface area contributed by atoms with Crippen LogP contribution in [0.4, 0.5) is 0 Å². The SMILES string of the molecule is COCC(O[C@@H]1OC(C(O)CO)[C@H](O)[C@H]1O)C1O[C@@H](O)[C@H](OC)[C@H]1OC. The highest BCUT2D eigenvalue weighted by molar-refractivity contribution is 4.95. The largest absolute Gasteiger partial charge is 0.394 e. The Kier molecular flexibility index (Phi) is 8.12. The highest BCUT2D eigenvalue weighted by Gasteiger charge is 2.52. The zero-order valence-electron chi connectivity index (χ0n) is 14.9. The molecular formula is C15H28O11. The first-order chi connectivity index (χ1) is 12.4. The van der Waals surface area contributed by atoms with E-state index in [-0.39, 0.29) is 6.61 Å². The van der Waals surface area contributed by atoms with Gasteiger partial charge in [0.2, 0.25) is 0 Å². The molecule has 2 rings (SSSR count). The Balaban J connectivity index is 2.10. The Morgan fingerprint density at radius 3 is 2.12 bits per heavy atom. The van der Waals surface area contributed by atoms with Crippen LogP contribution in [0, 0.1) is 0 Å². The number of aliphatic hydroxyl groups excluding tert-OH is 5. The maximum Gasteiger partial charge on any atom is 0.187 e. The molecule has 4 unspecified atom stereocenters. The Bertz CT molecular complexity index is 424. The van der Waals surface area contributed by atoms with Gasteiger partial charge in [-0.05, 0) is 0 Å². The summed E-state index contributed by atoms with van der Waals surface area (Å²) in [6.07, 6.45) is -11.2. The third kappa shape index (κ3) is 4.34. The van der Waals surface area contributed by atoms with E-state index in [9.17, 15) is 20.4 Å². The molecule has 26 heavy (non-hydrogen) atoms. The maximum atomic E-state index is 10.1. The summed E-state index contributed by atoms with van der Waals surface area (Å²) >= 11 is 0. The number of methoxy groups -OCH3 is 3. The van der Waals surface area contributed by atoms with E-state index < -0.39 is 68.0 Å². The van der Waals surface area contributed by atoms with Crippen LogP contribution in [0.15, 0.2) is 0 Å². The van der Waals surface area contributed by atoms with Crippen LogP contribution in [0.5, 0.6) is 0 Å². The van der Waals surface area contributed by atoms with E-state index in [2.05, 4.69) is 0 Å². The smallest absolute Gasteiger partial charge is 0.187 e. The topological polar surface area (TPSA) is 157 Å². The van der Waals surface area contributed by atoms with Crippen molar-refractivity contribution in [3.63, 3.8) is 0 Å². The van der Waals surface area contributed by atoms with E-state index in [0.29, 0.717) is 0 Å². The van der Waals surface area contributed by atoms with Crippen LogP contribution in [0.2, 0.25) is 0 Å². The first-order valence-electron chi connectivity index (χ1n) is 8.23. The molecule has 2 heterocycles. The van der Waals surface area contributed by atoms with Gasteiger partial charge < -0.3 is 54.0 Å². The van der Waals surface area contributed by atoms with Crippen molar-refractivity contribution < 1.29 is 54.0 Å². The number of rotatable bonds is 9. The molecule has 2 fully saturated rings. The molecule has 0 spiro atoms. The summed E-state index contributed by atoms with van der Waals surface area (Å²) in [6, 6.07) is 0. The lowest BCUT2D eigenvalue weighted by molar-refractivity contribution is -0.241. The van der Waals surface area contributed by atoms with Crippen molar-refractivity contribution in [2.24, 2.45) is 0 Å². The molecule has 0 saturated carbocycles. The van der Waals surface area contributed by atoms with Crippen LogP contribution in [0.1, 0.15) is 0 Å². The van der Waals surface area contributed by atoms with Crippen molar-refractivity contribution in [3.8, 4) is 0 Å². The Morgan fingerprint density at radius 1 is 0.923 bits per heavy atom. The summed E-state index contributed by atoms with van der Waals surface area (Å²) < 4.78 is 32.1. The summed E-state index contributed by atoms with van der Waals surface area (Å²) in [5, 5.41) is 48.8. The van der Waals surface area contributed by atoms with Crippen LogP contribution in [0.3, 0.4) is 0 Å². The first kappa shape index (κ1) is 21.9. The van der Waals surface area contributed by atoms with Crippen molar-refractivity contribution in [1.29, 1.82) is 0 Å². The summed E-state index contributed by atoms with van der Waals surface area (Å²) in [5.74, 6) is 0. The zero-order valence-corrected chi connectivity index (χ0v) is 14.9. The molecule has 5 N–H and O–H groups in total. The highest BCUT2D eigenvalue weighted by atomic mass is 16.7. The van der Waals surface area contributed by atoms with Gasteiger partial charge in [-0.1, -0.05) is 0 Å². The third-order valence-corrected chi connectivity index (χ3v) is 4.60. The summed E-state index contributed by atoms with van der Waals surface area (Å²) in [6.45, 7) is -0.647. The summed E-state index contributed by atoms with van der Waals surface area (Å²) in [5.41, 5.74) is 0. The normalized spacial score (nSPS) is 42.9. The fraction of sp³-hybridized carbons (Fsp3) is 1.00. The number of ether oxygens (including phenoxy) is 6. The number of hydrogen-bond acceptors (Lipinski definition) is 11. The predicted molar refractivity (Wildman–Crippen MR) is 83.0 cm³/mol. The van der Waals surface area contributed by atoms with Crippen molar-refractivity contribution in [2.45, 2.75) is 61.4 Å². The lowest BCUT2D eigenvalue weighted by Crippen LogP contribution is -2.47. The average molecular weight is 384 g/mol. The van der Waals surface area contributed by atoms with Gasteiger partial charge >= 0.3 is 0 Å². The minimum absolute atomic E-state index is 0.00355. The second-order valence-electron chi connectivity index (χ2n) is 6.22. The molecule has 2 aliphatic heterocycles. The van der Waals surface area contributed by atoms with Crippen molar-refractivity contribution >= 4 is 0 Å². The molecule has 11 nitrogen and oxygen atoms in total. The van der Waals surface area contributed by atoms with Gasteiger partial charge in [0.15, 0.2) is 12.6 Å². The van der Waals surface area contributed by atoms with E-state index in [1.807, 2.05) is 0 Å². The van der Waals surface area contributed by atoms with Gasteiger partial charge in [-0.25, -0.2) is 0 Å². The highest BCUT2D eigenvalue weighted by Crippen LogP contribution is 2.31. The number of aliphatic hydroxyl groups is 5. The molecule has 2 saturated heterocycles. The molecule has 0 aromatic carbocycles. The van der Waals surface area contributed by atoms with Crippen molar-refractivity contribution in [3.05, 3.63) is 0 Å². The van der Waals surface area contributed by atoms with Crippen LogP contribution in [-0.2, 0) is 28.4 Å². The second-order valence-corrected chi connectivity index (χ2v) is 6.22. The molecule has 2 aliphatic rings. The van der Waals surface area contributed by atoms with Crippen LogP contribution < -0.4 is 0 Å².